The molecule has 2 aromatic carbocycles. The van der Waals surface area contributed by atoms with Crippen LogP contribution in [0.25, 0.3) is 17.0 Å². The standard InChI is InChI=1S/C20H15ClFN5O2/c1-12-9-17-25-26(11-18(28)24-16-8-3-2-7-15(16)22)20(29)27(17)19(23-12)13-5-4-6-14(21)10-13/h2-10H,11H2,1H3,(H,24,28). The molecule has 0 aliphatic carbocycles. The van der Waals surface area contributed by atoms with E-state index in [4.69, 9.17) is 11.6 Å². The van der Waals surface area contributed by atoms with Gasteiger partial charge in [0.05, 0.1) is 5.69 Å². The number of aromatic nitrogens is 4. The fraction of sp³-hybridized carbons (Fsp3) is 0.100. The van der Waals surface area contributed by atoms with Crippen LogP contribution in [0.5, 0.6) is 0 Å². The molecule has 7 nitrogen and oxygen atoms in total. The molecule has 0 spiro atoms. The van der Waals surface area contributed by atoms with Crippen LogP contribution in [0.1, 0.15) is 5.69 Å². The van der Waals surface area contributed by atoms with Crippen molar-refractivity contribution in [2.24, 2.45) is 0 Å². The molecule has 0 aliphatic heterocycles. The van der Waals surface area contributed by atoms with E-state index in [0.29, 0.717) is 27.8 Å². The Labute approximate surface area is 169 Å². The summed E-state index contributed by atoms with van der Waals surface area (Å²) in [6, 6.07) is 14.4. The molecule has 0 aliphatic rings. The zero-order valence-corrected chi connectivity index (χ0v) is 16.0. The summed E-state index contributed by atoms with van der Waals surface area (Å²) in [5, 5.41) is 7.17. The lowest BCUT2D eigenvalue weighted by atomic mass is 10.2. The Hall–Kier alpha value is -3.52. The van der Waals surface area contributed by atoms with Crippen molar-refractivity contribution in [1.82, 2.24) is 19.2 Å². The lowest BCUT2D eigenvalue weighted by Gasteiger charge is -2.06. The summed E-state index contributed by atoms with van der Waals surface area (Å²) in [5.74, 6) is -0.769. The maximum absolute atomic E-state index is 13.7. The third-order valence-electron chi connectivity index (χ3n) is 4.22. The van der Waals surface area contributed by atoms with Gasteiger partial charge in [-0.1, -0.05) is 35.9 Å². The van der Waals surface area contributed by atoms with Gasteiger partial charge in [-0.05, 0) is 31.2 Å². The van der Waals surface area contributed by atoms with E-state index in [1.807, 2.05) is 0 Å². The number of anilines is 1. The van der Waals surface area contributed by atoms with Crippen LogP contribution >= 0.6 is 11.6 Å². The summed E-state index contributed by atoms with van der Waals surface area (Å²) >= 11 is 6.07. The van der Waals surface area contributed by atoms with E-state index in [2.05, 4.69) is 15.4 Å². The fourth-order valence-electron chi connectivity index (χ4n) is 2.97. The molecule has 1 N–H and O–H groups in total. The topological polar surface area (TPSA) is 81.3 Å². The van der Waals surface area contributed by atoms with Gasteiger partial charge in [0.2, 0.25) is 5.91 Å². The quantitative estimate of drug-likeness (QED) is 0.558. The van der Waals surface area contributed by atoms with E-state index >= 15 is 0 Å². The summed E-state index contributed by atoms with van der Waals surface area (Å²) in [7, 11) is 0. The molecule has 4 rings (SSSR count). The van der Waals surface area contributed by atoms with Crippen LogP contribution in [0.2, 0.25) is 5.02 Å². The number of carbonyl (C=O) groups is 1. The number of aryl methyl sites for hydroxylation is 1. The van der Waals surface area contributed by atoms with E-state index in [1.165, 1.54) is 22.6 Å². The number of amides is 1. The zero-order chi connectivity index (χ0) is 20.5. The molecule has 0 radical (unpaired) electrons. The Kier molecular flexibility index (Phi) is 4.85. The van der Waals surface area contributed by atoms with E-state index in [0.717, 1.165) is 4.68 Å². The highest BCUT2D eigenvalue weighted by Gasteiger charge is 2.17. The molecule has 0 saturated heterocycles. The Morgan fingerprint density at radius 2 is 1.97 bits per heavy atom. The predicted octanol–water partition coefficient (Wildman–Crippen LogP) is 3.30. The second-order valence-corrected chi connectivity index (χ2v) is 6.83. The van der Waals surface area contributed by atoms with Crippen molar-refractivity contribution < 1.29 is 9.18 Å². The summed E-state index contributed by atoms with van der Waals surface area (Å²) in [4.78, 5) is 29.7. The Balaban J connectivity index is 1.73. The molecule has 0 atom stereocenters. The number of hydrogen-bond acceptors (Lipinski definition) is 4. The van der Waals surface area contributed by atoms with Crippen molar-refractivity contribution in [2.75, 3.05) is 5.32 Å². The highest BCUT2D eigenvalue weighted by Crippen LogP contribution is 2.21. The summed E-state index contributed by atoms with van der Waals surface area (Å²) in [5.41, 5.74) is 1.14. The third kappa shape index (κ3) is 3.74. The molecule has 4 aromatic rings. The van der Waals surface area contributed by atoms with Crippen LogP contribution < -0.4 is 11.0 Å². The number of rotatable bonds is 4. The second-order valence-electron chi connectivity index (χ2n) is 6.39. The molecular weight excluding hydrogens is 397 g/mol. The Morgan fingerprint density at radius 1 is 1.17 bits per heavy atom. The molecule has 0 fully saturated rings. The van der Waals surface area contributed by atoms with Gasteiger partial charge in [-0.2, -0.15) is 0 Å². The SMILES string of the molecule is Cc1cc2nn(CC(=O)Nc3ccccc3F)c(=O)n2c(-c2cccc(Cl)c2)n1. The number of fused-ring (bicyclic) bond motifs is 1. The normalized spacial score (nSPS) is 11.0. The van der Waals surface area contributed by atoms with Gasteiger partial charge in [0.25, 0.3) is 0 Å². The number of nitrogens with one attached hydrogen (secondary N) is 1. The largest absolute Gasteiger partial charge is 0.352 e. The van der Waals surface area contributed by atoms with Gasteiger partial charge in [-0.15, -0.1) is 5.10 Å². The van der Waals surface area contributed by atoms with Gasteiger partial charge in [-0.3, -0.25) is 4.79 Å². The highest BCUT2D eigenvalue weighted by atomic mass is 35.5. The molecule has 9 heteroatoms. The van der Waals surface area contributed by atoms with Crippen molar-refractivity contribution in [3.63, 3.8) is 0 Å². The van der Waals surface area contributed by atoms with Crippen molar-refractivity contribution in [1.29, 1.82) is 0 Å². The van der Waals surface area contributed by atoms with Crippen molar-refractivity contribution >= 4 is 28.8 Å². The lowest BCUT2D eigenvalue weighted by molar-refractivity contribution is -0.117. The maximum atomic E-state index is 13.7. The van der Waals surface area contributed by atoms with E-state index in [-0.39, 0.29) is 12.2 Å². The fourth-order valence-corrected chi connectivity index (χ4v) is 3.16. The average Bonchev–Trinajstić information content (AvgIpc) is 2.98. The number of benzene rings is 2. The number of carbonyl (C=O) groups excluding carboxylic acids is 1. The van der Waals surface area contributed by atoms with Gasteiger partial charge in [0, 0.05) is 22.3 Å². The predicted molar refractivity (Wildman–Crippen MR) is 107 cm³/mol. The molecule has 0 unspecified atom stereocenters. The van der Waals surface area contributed by atoms with Crippen LogP contribution in [0, 0.1) is 12.7 Å². The summed E-state index contributed by atoms with van der Waals surface area (Å²) < 4.78 is 16.1. The Morgan fingerprint density at radius 3 is 2.72 bits per heavy atom. The minimum Gasteiger partial charge on any atom is -0.322 e. The van der Waals surface area contributed by atoms with Crippen LogP contribution in [0.15, 0.2) is 59.4 Å². The molecular formula is C20H15ClFN5O2. The number of halogens is 2. The molecule has 29 heavy (non-hydrogen) atoms. The zero-order valence-electron chi connectivity index (χ0n) is 15.3. The Bertz CT molecular complexity index is 1300. The maximum Gasteiger partial charge on any atom is 0.352 e. The van der Waals surface area contributed by atoms with Gasteiger partial charge in [-0.25, -0.2) is 23.3 Å². The van der Waals surface area contributed by atoms with Crippen molar-refractivity contribution in [3.05, 3.63) is 81.6 Å². The minimum absolute atomic E-state index is 0.0337. The molecule has 2 aromatic heterocycles. The molecule has 1 amide bonds. The second kappa shape index (κ2) is 7.48. The number of hydrogen-bond donors (Lipinski definition) is 1. The smallest absolute Gasteiger partial charge is 0.322 e. The highest BCUT2D eigenvalue weighted by molar-refractivity contribution is 6.30. The van der Waals surface area contributed by atoms with Gasteiger partial charge < -0.3 is 5.32 Å². The van der Waals surface area contributed by atoms with Crippen LogP contribution in [-0.4, -0.2) is 25.1 Å². The van der Waals surface area contributed by atoms with Crippen molar-refractivity contribution in [3.8, 4) is 11.4 Å². The molecule has 0 bridgehead atoms. The van der Waals surface area contributed by atoms with E-state index < -0.39 is 17.4 Å². The van der Waals surface area contributed by atoms with E-state index in [9.17, 15) is 14.0 Å². The average molecular weight is 412 g/mol. The van der Waals surface area contributed by atoms with Crippen LogP contribution in [0.3, 0.4) is 0 Å². The van der Waals surface area contributed by atoms with Crippen molar-refractivity contribution in [2.45, 2.75) is 13.5 Å². The first-order valence-electron chi connectivity index (χ1n) is 8.70. The monoisotopic (exact) mass is 411 g/mol. The minimum atomic E-state index is -0.574. The third-order valence-corrected chi connectivity index (χ3v) is 4.46. The number of para-hydroxylation sites is 1. The first-order chi connectivity index (χ1) is 13.9. The molecule has 2 heterocycles. The summed E-state index contributed by atoms with van der Waals surface area (Å²) in [6.45, 7) is 1.41. The molecule has 0 saturated carbocycles. The number of nitrogens with zero attached hydrogens (tertiary/aromatic N) is 4. The van der Waals surface area contributed by atoms with E-state index in [1.54, 1.807) is 43.3 Å². The van der Waals surface area contributed by atoms with Crippen LogP contribution in [0.4, 0.5) is 10.1 Å². The van der Waals surface area contributed by atoms with Gasteiger partial charge in [0.15, 0.2) is 5.65 Å². The molecule has 146 valence electrons. The first kappa shape index (κ1) is 18.8. The van der Waals surface area contributed by atoms with Gasteiger partial charge in [0.1, 0.15) is 18.2 Å². The lowest BCUT2D eigenvalue weighted by Crippen LogP contribution is -2.29. The summed E-state index contributed by atoms with van der Waals surface area (Å²) in [6.07, 6.45) is 0. The first-order valence-corrected chi connectivity index (χ1v) is 9.08. The van der Waals surface area contributed by atoms with Crippen LogP contribution in [-0.2, 0) is 11.3 Å². The van der Waals surface area contributed by atoms with Gasteiger partial charge >= 0.3 is 5.69 Å².